The summed E-state index contributed by atoms with van der Waals surface area (Å²) in [5.74, 6) is -0.245. The van der Waals surface area contributed by atoms with Gasteiger partial charge in [0.15, 0.2) is 0 Å². The van der Waals surface area contributed by atoms with E-state index in [1.165, 1.54) is 6.07 Å². The molecule has 2 aromatic carbocycles. The van der Waals surface area contributed by atoms with Crippen molar-refractivity contribution in [3.05, 3.63) is 54.1 Å². The number of carbonyl (C=O) groups is 1. The Morgan fingerprint density at radius 1 is 1.10 bits per heavy atom. The van der Waals surface area contributed by atoms with Crippen LogP contribution in [-0.2, 0) is 0 Å². The van der Waals surface area contributed by atoms with Gasteiger partial charge in [0.1, 0.15) is 17.1 Å². The number of hydrogen-bond donors (Lipinski definition) is 2. The van der Waals surface area contributed by atoms with E-state index in [9.17, 15) is 9.90 Å². The van der Waals surface area contributed by atoms with Crippen molar-refractivity contribution < 1.29 is 14.6 Å². The minimum Gasteiger partial charge on any atom is -0.507 e. The lowest BCUT2D eigenvalue weighted by Crippen LogP contribution is -2.26. The number of benzene rings is 2. The molecule has 4 heteroatoms. The Hall–Kier alpha value is -2.49. The highest BCUT2D eigenvalue weighted by Gasteiger charge is 2.16. The number of carbonyl (C=O) groups excluding carboxylic acids is 1. The molecule has 4 nitrogen and oxygen atoms in total. The number of esters is 1. The third-order valence-electron chi connectivity index (χ3n) is 2.69. The van der Waals surface area contributed by atoms with Crippen molar-refractivity contribution in [2.24, 2.45) is 0 Å². The fraction of sp³-hybridized carbons (Fsp3) is 0.235. The summed E-state index contributed by atoms with van der Waals surface area (Å²) in [6.07, 6.45) is 0. The number of aromatic hydroxyl groups is 1. The minimum atomic E-state index is -0.582. The van der Waals surface area contributed by atoms with Gasteiger partial charge in [-0.05, 0) is 45.0 Å². The van der Waals surface area contributed by atoms with Crippen molar-refractivity contribution in [1.82, 2.24) is 0 Å². The van der Waals surface area contributed by atoms with Crippen LogP contribution >= 0.6 is 0 Å². The number of phenolic OH excluding ortho intramolecular Hbond substituents is 1. The van der Waals surface area contributed by atoms with Crippen molar-refractivity contribution in [2.75, 3.05) is 5.32 Å². The molecule has 0 amide bonds. The van der Waals surface area contributed by atoms with Gasteiger partial charge in [0, 0.05) is 17.3 Å². The zero-order valence-corrected chi connectivity index (χ0v) is 12.4. The fourth-order valence-electron chi connectivity index (χ4n) is 1.87. The average molecular weight is 285 g/mol. The zero-order valence-electron chi connectivity index (χ0n) is 12.4. The van der Waals surface area contributed by atoms with Crippen molar-refractivity contribution in [3.63, 3.8) is 0 Å². The Kier molecular flexibility index (Phi) is 4.17. The van der Waals surface area contributed by atoms with Crippen LogP contribution in [-0.4, -0.2) is 16.6 Å². The molecule has 0 atom stereocenters. The Morgan fingerprint density at radius 3 is 2.33 bits per heavy atom. The zero-order chi connectivity index (χ0) is 15.5. The molecule has 0 spiro atoms. The molecule has 0 bridgehead atoms. The molecule has 2 rings (SSSR count). The van der Waals surface area contributed by atoms with Gasteiger partial charge in [0.2, 0.25) is 0 Å². The lowest BCUT2D eigenvalue weighted by atomic mass is 10.1. The molecule has 0 unspecified atom stereocenters. The number of nitrogens with one attached hydrogen (secondary N) is 1. The maximum Gasteiger partial charge on any atom is 0.347 e. The molecule has 2 N–H and O–H groups in total. The summed E-state index contributed by atoms with van der Waals surface area (Å²) >= 11 is 0. The summed E-state index contributed by atoms with van der Waals surface area (Å²) in [5.41, 5.74) is 0.757. The first-order valence-corrected chi connectivity index (χ1v) is 6.73. The Labute approximate surface area is 124 Å². The quantitative estimate of drug-likeness (QED) is 0.665. The molecular formula is C17H19NO3. The fourth-order valence-corrected chi connectivity index (χ4v) is 1.87. The highest BCUT2D eigenvalue weighted by atomic mass is 16.5. The molecule has 110 valence electrons. The predicted molar refractivity (Wildman–Crippen MR) is 82.9 cm³/mol. The molecular weight excluding hydrogens is 266 g/mol. The van der Waals surface area contributed by atoms with E-state index in [0.717, 1.165) is 5.69 Å². The maximum atomic E-state index is 12.0. The van der Waals surface area contributed by atoms with E-state index in [4.69, 9.17) is 4.74 Å². The van der Waals surface area contributed by atoms with Crippen LogP contribution in [0.1, 0.15) is 31.1 Å². The molecule has 2 aromatic rings. The van der Waals surface area contributed by atoms with Gasteiger partial charge in [-0.2, -0.15) is 0 Å². The van der Waals surface area contributed by atoms with Gasteiger partial charge in [-0.1, -0.05) is 18.2 Å². The number of hydrogen-bond acceptors (Lipinski definition) is 4. The molecule has 0 aliphatic rings. The van der Waals surface area contributed by atoms with Crippen LogP contribution in [0, 0.1) is 0 Å². The van der Waals surface area contributed by atoms with Crippen molar-refractivity contribution in [1.29, 1.82) is 0 Å². The van der Waals surface area contributed by atoms with E-state index in [1.807, 2.05) is 26.8 Å². The molecule has 21 heavy (non-hydrogen) atoms. The summed E-state index contributed by atoms with van der Waals surface area (Å²) in [6, 6.07) is 13.6. The molecule has 0 aliphatic carbocycles. The van der Waals surface area contributed by atoms with Crippen LogP contribution in [0.2, 0.25) is 0 Å². The molecule has 0 heterocycles. The van der Waals surface area contributed by atoms with Crippen LogP contribution in [0.5, 0.6) is 11.5 Å². The largest absolute Gasteiger partial charge is 0.507 e. The molecule has 0 saturated heterocycles. The molecule has 0 saturated carbocycles. The standard InChI is InChI=1S/C17H19NO3/c1-17(2,3)18-12-9-10-14(15(19)11-12)16(20)21-13-7-5-4-6-8-13/h4-11,18-19H,1-3H3. The third kappa shape index (κ3) is 4.24. The summed E-state index contributed by atoms with van der Waals surface area (Å²) in [7, 11) is 0. The Morgan fingerprint density at radius 2 is 1.76 bits per heavy atom. The lowest BCUT2D eigenvalue weighted by molar-refractivity contribution is 0.0731. The van der Waals surface area contributed by atoms with E-state index in [0.29, 0.717) is 5.75 Å². The van der Waals surface area contributed by atoms with Gasteiger partial charge in [0.25, 0.3) is 0 Å². The van der Waals surface area contributed by atoms with E-state index in [2.05, 4.69) is 5.32 Å². The molecule has 0 radical (unpaired) electrons. The van der Waals surface area contributed by atoms with E-state index in [-0.39, 0.29) is 16.9 Å². The second-order valence-electron chi connectivity index (χ2n) is 5.81. The second-order valence-corrected chi connectivity index (χ2v) is 5.81. The van der Waals surface area contributed by atoms with Crippen molar-refractivity contribution >= 4 is 11.7 Å². The maximum absolute atomic E-state index is 12.0. The van der Waals surface area contributed by atoms with Gasteiger partial charge in [-0.15, -0.1) is 0 Å². The summed E-state index contributed by atoms with van der Waals surface area (Å²) in [6.45, 7) is 6.05. The lowest BCUT2D eigenvalue weighted by Gasteiger charge is -2.22. The Balaban J connectivity index is 2.15. The van der Waals surface area contributed by atoms with Gasteiger partial charge < -0.3 is 15.2 Å². The van der Waals surface area contributed by atoms with Crippen LogP contribution in [0.3, 0.4) is 0 Å². The van der Waals surface area contributed by atoms with E-state index >= 15 is 0 Å². The summed E-state index contributed by atoms with van der Waals surface area (Å²) in [4.78, 5) is 12.0. The predicted octanol–water partition coefficient (Wildman–Crippen LogP) is 3.82. The highest BCUT2D eigenvalue weighted by Crippen LogP contribution is 2.25. The number of anilines is 1. The van der Waals surface area contributed by atoms with Crippen LogP contribution in [0.15, 0.2) is 48.5 Å². The van der Waals surface area contributed by atoms with Crippen LogP contribution < -0.4 is 10.1 Å². The SMILES string of the molecule is CC(C)(C)Nc1ccc(C(=O)Oc2ccccc2)c(O)c1. The van der Waals surface area contributed by atoms with Crippen LogP contribution in [0.4, 0.5) is 5.69 Å². The average Bonchev–Trinajstić information content (AvgIpc) is 2.37. The van der Waals surface area contributed by atoms with Gasteiger partial charge in [0.05, 0.1) is 0 Å². The first kappa shape index (κ1) is 14.9. The van der Waals surface area contributed by atoms with Crippen LogP contribution in [0.25, 0.3) is 0 Å². The number of ether oxygens (including phenoxy) is 1. The molecule has 0 aliphatic heterocycles. The smallest absolute Gasteiger partial charge is 0.347 e. The third-order valence-corrected chi connectivity index (χ3v) is 2.69. The number of para-hydroxylation sites is 1. The van der Waals surface area contributed by atoms with E-state index < -0.39 is 5.97 Å². The molecule has 0 fully saturated rings. The topological polar surface area (TPSA) is 58.6 Å². The normalized spacial score (nSPS) is 11.0. The summed E-state index contributed by atoms with van der Waals surface area (Å²) in [5, 5.41) is 13.2. The Bertz CT molecular complexity index is 630. The van der Waals surface area contributed by atoms with Gasteiger partial charge in [-0.25, -0.2) is 4.79 Å². The summed E-state index contributed by atoms with van der Waals surface area (Å²) < 4.78 is 5.20. The second kappa shape index (κ2) is 5.87. The first-order valence-electron chi connectivity index (χ1n) is 6.73. The highest BCUT2D eigenvalue weighted by molar-refractivity contribution is 5.94. The van der Waals surface area contributed by atoms with Gasteiger partial charge >= 0.3 is 5.97 Å². The minimum absolute atomic E-state index is 0.106. The van der Waals surface area contributed by atoms with Gasteiger partial charge in [-0.3, -0.25) is 0 Å². The number of phenols is 1. The number of rotatable bonds is 3. The molecule has 0 aromatic heterocycles. The van der Waals surface area contributed by atoms with E-state index in [1.54, 1.807) is 36.4 Å². The van der Waals surface area contributed by atoms with Crippen molar-refractivity contribution in [3.8, 4) is 11.5 Å². The van der Waals surface area contributed by atoms with Crippen molar-refractivity contribution in [2.45, 2.75) is 26.3 Å². The monoisotopic (exact) mass is 285 g/mol. The first-order chi connectivity index (χ1) is 9.85.